The van der Waals surface area contributed by atoms with Crippen LogP contribution in [0.15, 0.2) is 167 Å². The Morgan fingerprint density at radius 3 is 1.67 bits per heavy atom. The second-order valence-corrected chi connectivity index (χ2v) is 12.8. The van der Waals surface area contributed by atoms with Crippen LogP contribution in [-0.2, 0) is 0 Å². The fraction of sp³-hybridized carbons (Fsp3) is 0. The summed E-state index contributed by atoms with van der Waals surface area (Å²) in [6.07, 6.45) is 0. The topological polar surface area (TPSA) is 69.9 Å². The highest BCUT2D eigenvalue weighted by molar-refractivity contribution is 6.24. The monoisotopic (exact) mass is 654 g/mol. The standard InChI is InChI=1S/C45H26N4O2/c1-3-13-27(14-4-1)43-46-44(28-15-5-2-6-16-28)48-45(47-43)33-24-26-36(42-39(33)32-19-9-12-22-38(32)51-42)49-34-20-10-7-18-31(34)40-35(49)25-23-30-29-17-8-11-21-37(29)50-41(30)40/h1-26H. The van der Waals surface area contributed by atoms with E-state index in [1.165, 1.54) is 0 Å². The summed E-state index contributed by atoms with van der Waals surface area (Å²) in [5.41, 5.74) is 9.05. The number of benzene rings is 7. The average molecular weight is 655 g/mol. The summed E-state index contributed by atoms with van der Waals surface area (Å²) in [4.78, 5) is 15.1. The van der Waals surface area contributed by atoms with E-state index in [9.17, 15) is 0 Å². The number of nitrogens with zero attached hydrogens (tertiary/aromatic N) is 4. The van der Waals surface area contributed by atoms with Crippen molar-refractivity contribution >= 4 is 65.7 Å². The highest BCUT2D eigenvalue weighted by Crippen LogP contribution is 2.44. The van der Waals surface area contributed by atoms with Gasteiger partial charge in [0.25, 0.3) is 0 Å². The van der Waals surface area contributed by atoms with Crippen molar-refractivity contribution in [2.24, 2.45) is 0 Å². The Kier molecular flexibility index (Phi) is 5.86. The third-order valence-corrected chi connectivity index (χ3v) is 9.87. The molecule has 6 heteroatoms. The Morgan fingerprint density at radius 2 is 0.941 bits per heavy atom. The van der Waals surface area contributed by atoms with Crippen molar-refractivity contribution in [1.29, 1.82) is 0 Å². The van der Waals surface area contributed by atoms with Crippen molar-refractivity contribution < 1.29 is 8.83 Å². The summed E-state index contributed by atoms with van der Waals surface area (Å²) < 4.78 is 15.7. The van der Waals surface area contributed by atoms with E-state index >= 15 is 0 Å². The molecule has 0 aliphatic rings. The van der Waals surface area contributed by atoms with Crippen LogP contribution >= 0.6 is 0 Å². The first kappa shape index (κ1) is 27.9. The largest absolute Gasteiger partial charge is 0.455 e. The third-order valence-electron chi connectivity index (χ3n) is 9.87. The molecule has 0 unspecified atom stereocenters. The van der Waals surface area contributed by atoms with Crippen LogP contribution in [0.5, 0.6) is 0 Å². The fourth-order valence-corrected chi connectivity index (χ4v) is 7.60. The van der Waals surface area contributed by atoms with Crippen molar-refractivity contribution in [3.63, 3.8) is 0 Å². The Bertz CT molecular complexity index is 3080. The van der Waals surface area contributed by atoms with Gasteiger partial charge in [0.2, 0.25) is 0 Å². The normalized spacial score (nSPS) is 11.9. The Morgan fingerprint density at radius 1 is 0.373 bits per heavy atom. The summed E-state index contributed by atoms with van der Waals surface area (Å²) in [5, 5.41) is 6.34. The van der Waals surface area contributed by atoms with Crippen LogP contribution < -0.4 is 0 Å². The summed E-state index contributed by atoms with van der Waals surface area (Å²) in [6.45, 7) is 0. The van der Waals surface area contributed by atoms with Gasteiger partial charge < -0.3 is 13.4 Å². The molecule has 0 radical (unpaired) electrons. The van der Waals surface area contributed by atoms with Gasteiger partial charge in [0, 0.05) is 43.6 Å². The van der Waals surface area contributed by atoms with E-state index in [-0.39, 0.29) is 0 Å². The number of hydrogen-bond donors (Lipinski definition) is 0. The number of fused-ring (bicyclic) bond motifs is 10. The first-order valence-corrected chi connectivity index (χ1v) is 17.0. The summed E-state index contributed by atoms with van der Waals surface area (Å²) in [7, 11) is 0. The number of para-hydroxylation sites is 3. The van der Waals surface area contributed by atoms with Gasteiger partial charge in [0.15, 0.2) is 23.1 Å². The minimum Gasteiger partial charge on any atom is -0.455 e. The predicted molar refractivity (Wildman–Crippen MR) is 205 cm³/mol. The zero-order valence-corrected chi connectivity index (χ0v) is 27.1. The Hall–Kier alpha value is -7.05. The maximum atomic E-state index is 6.82. The van der Waals surface area contributed by atoms with Crippen molar-refractivity contribution in [1.82, 2.24) is 19.5 Å². The summed E-state index contributed by atoms with van der Waals surface area (Å²) >= 11 is 0. The van der Waals surface area contributed by atoms with Gasteiger partial charge in [-0.1, -0.05) is 115 Å². The molecular weight excluding hydrogens is 629 g/mol. The molecule has 0 N–H and O–H groups in total. The minimum absolute atomic E-state index is 0.581. The molecule has 0 aliphatic heterocycles. The lowest BCUT2D eigenvalue weighted by Gasteiger charge is -2.12. The Balaban J connectivity index is 1.23. The van der Waals surface area contributed by atoms with Gasteiger partial charge in [0.05, 0.1) is 22.1 Å². The smallest absolute Gasteiger partial charge is 0.164 e. The maximum absolute atomic E-state index is 6.82. The van der Waals surface area contributed by atoms with Gasteiger partial charge >= 0.3 is 0 Å². The van der Waals surface area contributed by atoms with E-state index < -0.39 is 0 Å². The molecule has 0 saturated carbocycles. The number of furan rings is 2. The second-order valence-electron chi connectivity index (χ2n) is 12.8. The molecule has 7 aromatic carbocycles. The van der Waals surface area contributed by atoms with Gasteiger partial charge in [-0.3, -0.25) is 0 Å². The molecule has 0 aliphatic carbocycles. The Labute approximate surface area is 290 Å². The van der Waals surface area contributed by atoms with E-state index in [0.717, 1.165) is 88.1 Å². The molecule has 6 nitrogen and oxygen atoms in total. The van der Waals surface area contributed by atoms with E-state index in [1.54, 1.807) is 0 Å². The maximum Gasteiger partial charge on any atom is 0.164 e. The lowest BCUT2D eigenvalue weighted by molar-refractivity contribution is 0.666. The van der Waals surface area contributed by atoms with E-state index in [0.29, 0.717) is 17.5 Å². The summed E-state index contributed by atoms with van der Waals surface area (Å²) in [6, 6.07) is 53.7. The van der Waals surface area contributed by atoms with Crippen molar-refractivity contribution in [2.75, 3.05) is 0 Å². The minimum atomic E-state index is 0.581. The first-order valence-electron chi connectivity index (χ1n) is 17.0. The van der Waals surface area contributed by atoms with Gasteiger partial charge in [-0.15, -0.1) is 0 Å². The molecule has 238 valence electrons. The first-order chi connectivity index (χ1) is 25.3. The van der Waals surface area contributed by atoms with E-state index in [2.05, 4.69) is 71.3 Å². The van der Waals surface area contributed by atoms with Crippen LogP contribution in [-0.4, -0.2) is 19.5 Å². The van der Waals surface area contributed by atoms with Crippen molar-refractivity contribution in [2.45, 2.75) is 0 Å². The molecule has 4 aromatic heterocycles. The second kappa shape index (κ2) is 10.7. The number of hydrogen-bond acceptors (Lipinski definition) is 5. The molecule has 0 bridgehead atoms. The van der Waals surface area contributed by atoms with Crippen molar-refractivity contribution in [3.8, 4) is 39.9 Å². The highest BCUT2D eigenvalue weighted by Gasteiger charge is 2.24. The summed E-state index contributed by atoms with van der Waals surface area (Å²) in [5.74, 6) is 1.81. The number of rotatable bonds is 4. The molecule has 0 atom stereocenters. The average Bonchev–Trinajstić information content (AvgIpc) is 3.88. The van der Waals surface area contributed by atoms with Crippen molar-refractivity contribution in [3.05, 3.63) is 158 Å². The quantitative estimate of drug-likeness (QED) is 0.189. The molecule has 0 spiro atoms. The molecule has 0 saturated heterocycles. The zero-order valence-electron chi connectivity index (χ0n) is 27.1. The molecule has 11 rings (SSSR count). The van der Waals surface area contributed by atoms with Crippen LogP contribution in [0.1, 0.15) is 0 Å². The van der Waals surface area contributed by atoms with E-state index in [1.807, 2.05) is 91.0 Å². The van der Waals surface area contributed by atoms with Crippen LogP contribution in [0.4, 0.5) is 0 Å². The molecule has 0 amide bonds. The zero-order chi connectivity index (χ0) is 33.5. The van der Waals surface area contributed by atoms with Crippen LogP contribution in [0.25, 0.3) is 106 Å². The SMILES string of the molecule is c1ccc(-c2nc(-c3ccccc3)nc(-c3ccc(-n4c5ccccc5c5c6oc7ccccc7c6ccc54)c4oc5ccccc5c34)n2)cc1. The van der Waals surface area contributed by atoms with Crippen LogP contribution in [0, 0.1) is 0 Å². The van der Waals surface area contributed by atoms with E-state index in [4.69, 9.17) is 23.8 Å². The van der Waals surface area contributed by atoms with Crippen LogP contribution in [0.3, 0.4) is 0 Å². The number of aromatic nitrogens is 4. The van der Waals surface area contributed by atoms with Crippen LogP contribution in [0.2, 0.25) is 0 Å². The lowest BCUT2D eigenvalue weighted by Crippen LogP contribution is -2.01. The third kappa shape index (κ3) is 4.14. The van der Waals surface area contributed by atoms with Gasteiger partial charge in [-0.2, -0.15) is 0 Å². The van der Waals surface area contributed by atoms with Gasteiger partial charge in [0.1, 0.15) is 16.7 Å². The molecule has 51 heavy (non-hydrogen) atoms. The lowest BCUT2D eigenvalue weighted by atomic mass is 10.0. The van der Waals surface area contributed by atoms with Gasteiger partial charge in [-0.25, -0.2) is 15.0 Å². The molecule has 4 heterocycles. The molecule has 11 aromatic rings. The fourth-order valence-electron chi connectivity index (χ4n) is 7.60. The predicted octanol–water partition coefficient (Wildman–Crippen LogP) is 11.8. The molecular formula is C45H26N4O2. The highest BCUT2D eigenvalue weighted by atomic mass is 16.3. The molecule has 0 fully saturated rings. The van der Waals surface area contributed by atoms with Gasteiger partial charge in [-0.05, 0) is 42.5 Å².